The second-order valence-corrected chi connectivity index (χ2v) is 10.3. The van der Waals surface area contributed by atoms with Gasteiger partial charge >= 0.3 is 0 Å². The summed E-state index contributed by atoms with van der Waals surface area (Å²) in [6.45, 7) is 5.24. The molecule has 0 aliphatic carbocycles. The fraction of sp³-hybridized carbons (Fsp3) is 0.417. The number of rotatable bonds is 11. The minimum absolute atomic E-state index is 0.0540. The molecule has 2 aromatic rings. The Hall–Kier alpha value is -3.01. The number of nitrogens with zero attached hydrogens (tertiary/aromatic N) is 2. The smallest absolute Gasteiger partial charge is 0.244 e. The lowest BCUT2D eigenvalue weighted by molar-refractivity contribution is -0.140. The first-order valence-corrected chi connectivity index (χ1v) is 12.8. The summed E-state index contributed by atoms with van der Waals surface area (Å²) in [6, 6.07) is 9.78. The van der Waals surface area contributed by atoms with Crippen LogP contribution < -0.4 is 9.62 Å². The largest absolute Gasteiger partial charge is 0.354 e. The molecule has 2 aromatic carbocycles. The van der Waals surface area contributed by atoms with Crippen molar-refractivity contribution < 1.29 is 26.8 Å². The number of para-hydroxylation sites is 1. The molecule has 1 unspecified atom stereocenters. The normalized spacial score (nSPS) is 12.3. The lowest BCUT2D eigenvalue weighted by atomic mass is 10.1. The topological polar surface area (TPSA) is 86.8 Å². The maximum atomic E-state index is 14.4. The monoisotopic (exact) mass is 495 g/mol. The van der Waals surface area contributed by atoms with E-state index in [1.165, 1.54) is 47.4 Å². The summed E-state index contributed by atoms with van der Waals surface area (Å²) in [5.74, 6) is -2.14. The van der Waals surface area contributed by atoms with E-state index in [4.69, 9.17) is 0 Å². The van der Waals surface area contributed by atoms with Gasteiger partial charge in [-0.15, -0.1) is 0 Å². The standard InChI is InChI=1S/C24H31F2N3O4S/c1-5-21(24(31)27-14-17(2)3)28(15-18-10-12-19(25)13-11-18)23(30)16-29(34(4,32)33)22-9-7-6-8-20(22)26/h6-13,17,21H,5,14-16H2,1-4H3,(H,27,31). The van der Waals surface area contributed by atoms with Crippen molar-refractivity contribution in [3.63, 3.8) is 0 Å². The van der Waals surface area contributed by atoms with Crippen molar-refractivity contribution in [2.75, 3.05) is 23.7 Å². The number of hydrogen-bond donors (Lipinski definition) is 1. The Kier molecular flexibility index (Phi) is 9.55. The average molecular weight is 496 g/mol. The number of hydrogen-bond acceptors (Lipinski definition) is 4. The Balaban J connectivity index is 2.42. The number of benzene rings is 2. The van der Waals surface area contributed by atoms with Gasteiger partial charge < -0.3 is 10.2 Å². The molecule has 0 radical (unpaired) electrons. The SMILES string of the molecule is CCC(C(=O)NCC(C)C)N(Cc1ccc(F)cc1)C(=O)CN(c1ccccc1F)S(C)(=O)=O. The van der Waals surface area contributed by atoms with Crippen LogP contribution in [0.15, 0.2) is 48.5 Å². The molecule has 186 valence electrons. The van der Waals surface area contributed by atoms with Crippen molar-refractivity contribution in [1.29, 1.82) is 0 Å². The van der Waals surface area contributed by atoms with Gasteiger partial charge in [0.05, 0.1) is 11.9 Å². The van der Waals surface area contributed by atoms with Gasteiger partial charge in [-0.1, -0.05) is 45.0 Å². The molecular weight excluding hydrogens is 464 g/mol. The van der Waals surface area contributed by atoms with E-state index in [0.29, 0.717) is 16.4 Å². The van der Waals surface area contributed by atoms with Crippen molar-refractivity contribution >= 4 is 27.5 Å². The number of carbonyl (C=O) groups is 2. The fourth-order valence-corrected chi connectivity index (χ4v) is 4.23. The summed E-state index contributed by atoms with van der Waals surface area (Å²) in [5, 5.41) is 2.80. The van der Waals surface area contributed by atoms with Gasteiger partial charge in [0.1, 0.15) is 24.2 Å². The van der Waals surface area contributed by atoms with Crippen molar-refractivity contribution in [2.45, 2.75) is 39.8 Å². The molecule has 1 atom stereocenters. The highest BCUT2D eigenvalue weighted by molar-refractivity contribution is 7.92. The Bertz CT molecular complexity index is 1090. The molecule has 0 saturated carbocycles. The third-order valence-corrected chi connectivity index (χ3v) is 6.26. The summed E-state index contributed by atoms with van der Waals surface area (Å²) in [6.07, 6.45) is 1.14. The zero-order valence-electron chi connectivity index (χ0n) is 19.8. The third-order valence-electron chi connectivity index (χ3n) is 5.14. The fourth-order valence-electron chi connectivity index (χ4n) is 3.38. The van der Waals surface area contributed by atoms with Crippen LogP contribution in [0.1, 0.15) is 32.8 Å². The number of sulfonamides is 1. The van der Waals surface area contributed by atoms with E-state index in [1.807, 2.05) is 13.8 Å². The quantitative estimate of drug-likeness (QED) is 0.518. The summed E-state index contributed by atoms with van der Waals surface area (Å²) in [7, 11) is -4.03. The van der Waals surface area contributed by atoms with Crippen molar-refractivity contribution in [3.05, 3.63) is 65.7 Å². The molecular formula is C24H31F2N3O4S. The molecule has 2 amide bonds. The predicted octanol–water partition coefficient (Wildman–Crippen LogP) is 3.31. The molecule has 2 rings (SSSR count). The van der Waals surface area contributed by atoms with E-state index < -0.39 is 40.2 Å². The Morgan fingerprint density at radius 1 is 1.03 bits per heavy atom. The number of halogens is 2. The molecule has 0 aliphatic heterocycles. The first-order valence-electron chi connectivity index (χ1n) is 11.0. The molecule has 7 nitrogen and oxygen atoms in total. The summed E-state index contributed by atoms with van der Waals surface area (Å²) >= 11 is 0. The van der Waals surface area contributed by atoms with Crippen LogP contribution in [0.25, 0.3) is 0 Å². The molecule has 1 N–H and O–H groups in total. The van der Waals surface area contributed by atoms with Crippen molar-refractivity contribution in [1.82, 2.24) is 10.2 Å². The van der Waals surface area contributed by atoms with Crippen LogP contribution in [0.4, 0.5) is 14.5 Å². The molecule has 0 fully saturated rings. The van der Waals surface area contributed by atoms with Crippen LogP contribution in [0, 0.1) is 17.6 Å². The van der Waals surface area contributed by atoms with Crippen molar-refractivity contribution in [3.8, 4) is 0 Å². The van der Waals surface area contributed by atoms with Gasteiger partial charge in [0.25, 0.3) is 0 Å². The van der Waals surface area contributed by atoms with Crippen LogP contribution in [0.3, 0.4) is 0 Å². The molecule has 34 heavy (non-hydrogen) atoms. The highest BCUT2D eigenvalue weighted by Crippen LogP contribution is 2.22. The van der Waals surface area contributed by atoms with E-state index in [-0.39, 0.29) is 30.5 Å². The second-order valence-electron chi connectivity index (χ2n) is 8.43. The maximum Gasteiger partial charge on any atom is 0.244 e. The van der Waals surface area contributed by atoms with Gasteiger partial charge in [-0.3, -0.25) is 13.9 Å². The van der Waals surface area contributed by atoms with E-state index >= 15 is 0 Å². The lowest BCUT2D eigenvalue weighted by Gasteiger charge is -2.33. The van der Waals surface area contributed by atoms with Crippen LogP contribution in [0.5, 0.6) is 0 Å². The van der Waals surface area contributed by atoms with Gasteiger partial charge in [-0.25, -0.2) is 17.2 Å². The minimum Gasteiger partial charge on any atom is -0.354 e. The van der Waals surface area contributed by atoms with Gasteiger partial charge in [0.2, 0.25) is 21.8 Å². The summed E-state index contributed by atoms with van der Waals surface area (Å²) in [4.78, 5) is 27.6. The molecule has 0 heterocycles. The minimum atomic E-state index is -4.03. The zero-order chi connectivity index (χ0) is 25.5. The molecule has 10 heteroatoms. The lowest BCUT2D eigenvalue weighted by Crippen LogP contribution is -2.52. The Labute approximate surface area is 199 Å². The van der Waals surface area contributed by atoms with Gasteiger partial charge in [0, 0.05) is 13.1 Å². The molecule has 0 saturated heterocycles. The van der Waals surface area contributed by atoms with Gasteiger partial charge in [0.15, 0.2) is 0 Å². The summed E-state index contributed by atoms with van der Waals surface area (Å²) in [5.41, 5.74) is 0.291. The number of anilines is 1. The molecule has 0 spiro atoms. The first-order chi connectivity index (χ1) is 15.9. The van der Waals surface area contributed by atoms with Crippen molar-refractivity contribution in [2.24, 2.45) is 5.92 Å². The Morgan fingerprint density at radius 3 is 2.18 bits per heavy atom. The highest BCUT2D eigenvalue weighted by atomic mass is 32.2. The zero-order valence-corrected chi connectivity index (χ0v) is 20.6. The van der Waals surface area contributed by atoms with E-state index in [2.05, 4.69) is 5.32 Å². The predicted molar refractivity (Wildman–Crippen MR) is 127 cm³/mol. The van der Waals surface area contributed by atoms with E-state index in [0.717, 1.165) is 12.3 Å². The first kappa shape index (κ1) is 27.2. The Morgan fingerprint density at radius 2 is 1.65 bits per heavy atom. The van der Waals surface area contributed by atoms with Crippen LogP contribution in [-0.4, -0.2) is 50.5 Å². The van der Waals surface area contributed by atoms with Crippen LogP contribution in [-0.2, 0) is 26.2 Å². The number of amides is 2. The summed E-state index contributed by atoms with van der Waals surface area (Å²) < 4.78 is 53.4. The molecule has 0 bridgehead atoms. The third kappa shape index (κ3) is 7.51. The second kappa shape index (κ2) is 11.9. The molecule has 0 aromatic heterocycles. The maximum absolute atomic E-state index is 14.4. The number of nitrogens with one attached hydrogen (secondary N) is 1. The highest BCUT2D eigenvalue weighted by Gasteiger charge is 2.32. The van der Waals surface area contributed by atoms with Crippen LogP contribution >= 0.6 is 0 Å². The van der Waals surface area contributed by atoms with Crippen LogP contribution in [0.2, 0.25) is 0 Å². The van der Waals surface area contributed by atoms with E-state index in [9.17, 15) is 26.8 Å². The van der Waals surface area contributed by atoms with Gasteiger partial charge in [-0.05, 0) is 42.2 Å². The average Bonchev–Trinajstić information content (AvgIpc) is 2.77. The number of carbonyl (C=O) groups excluding carboxylic acids is 2. The van der Waals surface area contributed by atoms with Gasteiger partial charge in [-0.2, -0.15) is 0 Å². The van der Waals surface area contributed by atoms with E-state index in [1.54, 1.807) is 6.92 Å². The molecule has 0 aliphatic rings.